The minimum absolute atomic E-state index is 0.111. The quantitative estimate of drug-likeness (QED) is 0.447. The minimum atomic E-state index is -0.479. The van der Waals surface area contributed by atoms with Gasteiger partial charge in [0.2, 0.25) is 11.8 Å². The molecule has 0 amide bonds. The maximum atomic E-state index is 11.1. The van der Waals surface area contributed by atoms with Crippen molar-refractivity contribution in [2.24, 2.45) is 5.84 Å². The summed E-state index contributed by atoms with van der Waals surface area (Å²) in [6.07, 6.45) is 3.41. The van der Waals surface area contributed by atoms with Crippen LogP contribution >= 0.6 is 0 Å². The van der Waals surface area contributed by atoms with Crippen LogP contribution in [0.2, 0.25) is 0 Å². The molecular weight excluding hydrogens is 252 g/mol. The Morgan fingerprint density at radius 2 is 2.16 bits per heavy atom. The lowest BCUT2D eigenvalue weighted by Gasteiger charge is -2.32. The Labute approximate surface area is 108 Å². The van der Waals surface area contributed by atoms with E-state index in [1.165, 1.54) is 6.20 Å². The first-order chi connectivity index (χ1) is 9.17. The topological polar surface area (TPSA) is 119 Å². The summed E-state index contributed by atoms with van der Waals surface area (Å²) in [5.74, 6) is 5.72. The Morgan fingerprint density at radius 3 is 2.74 bits per heavy atom. The van der Waals surface area contributed by atoms with E-state index in [1.54, 1.807) is 0 Å². The predicted molar refractivity (Wildman–Crippen MR) is 66.6 cm³/mol. The van der Waals surface area contributed by atoms with Crippen LogP contribution in [0.15, 0.2) is 6.20 Å². The highest BCUT2D eigenvalue weighted by molar-refractivity contribution is 5.59. The van der Waals surface area contributed by atoms with Crippen LogP contribution in [0, 0.1) is 10.1 Å². The van der Waals surface area contributed by atoms with Crippen molar-refractivity contribution in [2.75, 3.05) is 23.4 Å². The van der Waals surface area contributed by atoms with Gasteiger partial charge in [0, 0.05) is 13.1 Å². The van der Waals surface area contributed by atoms with Gasteiger partial charge in [0.25, 0.3) is 0 Å². The molecule has 3 N–H and O–H groups in total. The summed E-state index contributed by atoms with van der Waals surface area (Å²) in [5.41, 5.74) is 2.20. The lowest BCUT2D eigenvalue weighted by atomic mass is 10.2. The normalized spacial score (nSPS) is 25.4. The van der Waals surface area contributed by atoms with Gasteiger partial charge in [-0.2, -0.15) is 4.98 Å². The molecule has 2 fully saturated rings. The molecule has 1 aromatic heterocycles. The highest BCUT2D eigenvalue weighted by Gasteiger charge is 2.36. The largest absolute Gasteiger partial charge is 0.371 e. The summed E-state index contributed by atoms with van der Waals surface area (Å²) in [4.78, 5) is 20.4. The molecule has 0 aromatic carbocycles. The fourth-order valence-electron chi connectivity index (χ4n) is 2.59. The Morgan fingerprint density at radius 1 is 1.47 bits per heavy atom. The molecule has 2 aliphatic heterocycles. The molecule has 0 spiro atoms. The number of nitrogens with one attached hydrogen (secondary N) is 1. The molecule has 2 saturated heterocycles. The highest BCUT2D eigenvalue weighted by Crippen LogP contribution is 2.33. The summed E-state index contributed by atoms with van der Waals surface area (Å²) >= 11 is 0. The Kier molecular flexibility index (Phi) is 2.91. The van der Waals surface area contributed by atoms with E-state index in [9.17, 15) is 10.1 Å². The standard InChI is InChI=1S/C10H14N6O3/c11-14-10-12-3-8(16(17)18)9(13-10)15-4-6-1-2-7(5-15)19-6/h3,6-7H,1-2,4-5,11H2,(H,12,13,14). The predicted octanol–water partition coefficient (Wildman–Crippen LogP) is 0.0380. The van der Waals surface area contributed by atoms with Crippen molar-refractivity contribution < 1.29 is 9.66 Å². The molecule has 2 unspecified atom stereocenters. The number of morpholine rings is 1. The number of nitrogens with two attached hydrogens (primary N) is 1. The molecule has 3 heterocycles. The monoisotopic (exact) mass is 266 g/mol. The average molecular weight is 266 g/mol. The molecule has 3 rings (SSSR count). The molecule has 9 heteroatoms. The van der Waals surface area contributed by atoms with Gasteiger partial charge < -0.3 is 9.64 Å². The molecule has 0 aliphatic carbocycles. The molecule has 19 heavy (non-hydrogen) atoms. The smallest absolute Gasteiger partial charge is 0.329 e. The fourth-order valence-corrected chi connectivity index (χ4v) is 2.59. The molecule has 2 aliphatic rings. The van der Waals surface area contributed by atoms with E-state index in [4.69, 9.17) is 10.6 Å². The molecule has 2 atom stereocenters. The van der Waals surface area contributed by atoms with Gasteiger partial charge in [-0.1, -0.05) is 0 Å². The van der Waals surface area contributed by atoms with Crippen molar-refractivity contribution in [3.8, 4) is 0 Å². The molecule has 0 saturated carbocycles. The number of nitrogen functional groups attached to an aromatic ring is 1. The number of hydrazine groups is 1. The lowest BCUT2D eigenvalue weighted by Crippen LogP contribution is -2.43. The van der Waals surface area contributed by atoms with E-state index in [2.05, 4.69) is 15.4 Å². The minimum Gasteiger partial charge on any atom is -0.371 e. The first-order valence-corrected chi connectivity index (χ1v) is 6.06. The van der Waals surface area contributed by atoms with Crippen molar-refractivity contribution in [3.63, 3.8) is 0 Å². The number of nitro groups is 1. The number of rotatable bonds is 3. The first-order valence-electron chi connectivity index (χ1n) is 6.06. The number of ether oxygens (including phenoxy) is 1. The summed E-state index contributed by atoms with van der Waals surface area (Å²) in [6.45, 7) is 1.22. The number of hydrogen-bond acceptors (Lipinski definition) is 8. The Bertz CT molecular complexity index is 498. The van der Waals surface area contributed by atoms with Crippen molar-refractivity contribution in [1.29, 1.82) is 0 Å². The van der Waals surface area contributed by atoms with Gasteiger partial charge >= 0.3 is 5.69 Å². The Hall–Kier alpha value is -2.00. The van der Waals surface area contributed by atoms with Gasteiger partial charge in [0.1, 0.15) is 6.20 Å². The van der Waals surface area contributed by atoms with Crippen LogP contribution in [0.5, 0.6) is 0 Å². The third-order valence-electron chi connectivity index (χ3n) is 3.42. The molecule has 2 bridgehead atoms. The molecule has 1 aromatic rings. The van der Waals surface area contributed by atoms with Crippen LogP contribution in [-0.2, 0) is 4.74 Å². The van der Waals surface area contributed by atoms with E-state index in [0.717, 1.165) is 12.8 Å². The van der Waals surface area contributed by atoms with Gasteiger partial charge in [-0.05, 0) is 12.8 Å². The van der Waals surface area contributed by atoms with E-state index in [0.29, 0.717) is 18.9 Å². The van der Waals surface area contributed by atoms with E-state index in [1.807, 2.05) is 4.90 Å². The molecular formula is C10H14N6O3. The van der Waals surface area contributed by atoms with E-state index in [-0.39, 0.29) is 23.8 Å². The number of hydrogen-bond donors (Lipinski definition) is 2. The van der Waals surface area contributed by atoms with Crippen molar-refractivity contribution in [1.82, 2.24) is 9.97 Å². The molecule has 102 valence electrons. The van der Waals surface area contributed by atoms with Crippen LogP contribution in [-0.4, -0.2) is 40.2 Å². The zero-order valence-corrected chi connectivity index (χ0v) is 10.2. The van der Waals surface area contributed by atoms with E-state index >= 15 is 0 Å². The van der Waals surface area contributed by atoms with Crippen LogP contribution < -0.4 is 16.2 Å². The summed E-state index contributed by atoms with van der Waals surface area (Å²) < 4.78 is 5.71. The third-order valence-corrected chi connectivity index (χ3v) is 3.42. The Balaban J connectivity index is 1.95. The van der Waals surface area contributed by atoms with E-state index < -0.39 is 4.92 Å². The first kappa shape index (κ1) is 12.1. The van der Waals surface area contributed by atoms with Crippen molar-refractivity contribution in [2.45, 2.75) is 25.0 Å². The summed E-state index contributed by atoms with van der Waals surface area (Å²) in [6, 6.07) is 0. The summed E-state index contributed by atoms with van der Waals surface area (Å²) in [5, 5.41) is 11.1. The van der Waals surface area contributed by atoms with Crippen LogP contribution in [0.1, 0.15) is 12.8 Å². The van der Waals surface area contributed by atoms with Crippen LogP contribution in [0.3, 0.4) is 0 Å². The maximum absolute atomic E-state index is 11.1. The number of anilines is 2. The van der Waals surface area contributed by atoms with Gasteiger partial charge in [0.15, 0.2) is 0 Å². The van der Waals surface area contributed by atoms with Crippen molar-refractivity contribution in [3.05, 3.63) is 16.3 Å². The van der Waals surface area contributed by atoms with Gasteiger partial charge in [0.05, 0.1) is 17.1 Å². The van der Waals surface area contributed by atoms with Crippen LogP contribution in [0.25, 0.3) is 0 Å². The SMILES string of the molecule is NNc1ncc([N+](=O)[O-])c(N2CC3CCC(C2)O3)n1. The van der Waals surface area contributed by atoms with Gasteiger partial charge in [-0.25, -0.2) is 10.8 Å². The lowest BCUT2D eigenvalue weighted by molar-refractivity contribution is -0.384. The van der Waals surface area contributed by atoms with Crippen LogP contribution in [0.4, 0.5) is 17.5 Å². The zero-order chi connectivity index (χ0) is 13.4. The number of aromatic nitrogens is 2. The van der Waals surface area contributed by atoms with Gasteiger partial charge in [-0.15, -0.1) is 0 Å². The maximum Gasteiger partial charge on any atom is 0.329 e. The van der Waals surface area contributed by atoms with Crippen molar-refractivity contribution >= 4 is 17.5 Å². The second-order valence-corrected chi connectivity index (χ2v) is 4.67. The number of fused-ring (bicyclic) bond motifs is 2. The zero-order valence-electron chi connectivity index (χ0n) is 10.2. The summed E-state index contributed by atoms with van der Waals surface area (Å²) in [7, 11) is 0. The van der Waals surface area contributed by atoms with Gasteiger partial charge in [-0.3, -0.25) is 15.5 Å². The molecule has 0 radical (unpaired) electrons. The third kappa shape index (κ3) is 2.17. The fraction of sp³-hybridized carbons (Fsp3) is 0.600. The second-order valence-electron chi connectivity index (χ2n) is 4.67. The highest BCUT2D eigenvalue weighted by atomic mass is 16.6. The number of nitrogens with zero attached hydrogens (tertiary/aromatic N) is 4. The second kappa shape index (κ2) is 4.59. The average Bonchev–Trinajstić information content (AvgIpc) is 2.76. The molecule has 9 nitrogen and oxygen atoms in total.